The largest absolute Gasteiger partial charge is 0.376 e. The van der Waals surface area contributed by atoms with E-state index in [2.05, 4.69) is 49.1 Å². The van der Waals surface area contributed by atoms with Crippen molar-refractivity contribution in [3.05, 3.63) is 35.9 Å². The van der Waals surface area contributed by atoms with Crippen molar-refractivity contribution in [3.8, 4) is 0 Å². The first-order valence-corrected chi connectivity index (χ1v) is 6.45. The highest BCUT2D eigenvalue weighted by Crippen LogP contribution is 2.32. The van der Waals surface area contributed by atoms with Crippen LogP contribution in [-0.4, -0.2) is 30.7 Å². The number of benzene rings is 1. The van der Waals surface area contributed by atoms with Crippen LogP contribution in [-0.2, 0) is 11.3 Å². The van der Waals surface area contributed by atoms with Gasteiger partial charge >= 0.3 is 0 Å². The first-order chi connectivity index (χ1) is 8.13. The maximum atomic E-state index is 5.71. The molecule has 94 valence electrons. The van der Waals surface area contributed by atoms with Crippen LogP contribution in [0.25, 0.3) is 0 Å². The summed E-state index contributed by atoms with van der Waals surface area (Å²) in [6.45, 7) is 7.71. The molecule has 1 aliphatic heterocycles. The molecule has 0 amide bonds. The lowest BCUT2D eigenvalue weighted by Gasteiger charge is -2.50. The summed E-state index contributed by atoms with van der Waals surface area (Å²) in [5.41, 5.74) is 1.50. The monoisotopic (exact) mass is 233 g/mol. The molecule has 0 saturated carbocycles. The van der Waals surface area contributed by atoms with Gasteiger partial charge < -0.3 is 4.74 Å². The van der Waals surface area contributed by atoms with Crippen LogP contribution in [0.2, 0.25) is 0 Å². The Bertz CT molecular complexity index is 341. The Morgan fingerprint density at radius 2 is 1.88 bits per heavy atom. The quantitative estimate of drug-likeness (QED) is 0.775. The first kappa shape index (κ1) is 12.6. The van der Waals surface area contributed by atoms with E-state index in [4.69, 9.17) is 4.74 Å². The maximum absolute atomic E-state index is 5.71. The third-order valence-electron chi connectivity index (χ3n) is 3.49. The summed E-state index contributed by atoms with van der Waals surface area (Å²) in [6.07, 6.45) is 1.16. The first-order valence-electron chi connectivity index (χ1n) is 6.45. The van der Waals surface area contributed by atoms with E-state index in [0.29, 0.717) is 5.92 Å². The van der Waals surface area contributed by atoms with Crippen LogP contribution in [0.1, 0.15) is 25.8 Å². The molecule has 0 unspecified atom stereocenters. The highest BCUT2D eigenvalue weighted by atomic mass is 16.5. The van der Waals surface area contributed by atoms with Gasteiger partial charge in [0, 0.05) is 26.7 Å². The zero-order chi connectivity index (χ0) is 12.3. The van der Waals surface area contributed by atoms with Crippen molar-refractivity contribution in [3.63, 3.8) is 0 Å². The number of hydrogen-bond acceptors (Lipinski definition) is 2. The zero-order valence-electron chi connectivity index (χ0n) is 11.1. The summed E-state index contributed by atoms with van der Waals surface area (Å²) in [5.74, 6) is 0.703. The van der Waals surface area contributed by atoms with E-state index < -0.39 is 0 Å². The minimum absolute atomic E-state index is 0.114. The lowest BCUT2D eigenvalue weighted by atomic mass is 9.85. The van der Waals surface area contributed by atoms with E-state index >= 15 is 0 Å². The van der Waals surface area contributed by atoms with Gasteiger partial charge in [-0.1, -0.05) is 44.2 Å². The van der Waals surface area contributed by atoms with Gasteiger partial charge in [-0.25, -0.2) is 0 Å². The summed E-state index contributed by atoms with van der Waals surface area (Å²) in [6, 6.07) is 10.7. The smallest absolute Gasteiger partial charge is 0.0933 e. The van der Waals surface area contributed by atoms with Crippen molar-refractivity contribution in [2.45, 2.75) is 32.4 Å². The Kier molecular flexibility index (Phi) is 3.85. The average molecular weight is 233 g/mol. The van der Waals surface area contributed by atoms with Crippen molar-refractivity contribution >= 4 is 0 Å². The van der Waals surface area contributed by atoms with E-state index in [0.717, 1.165) is 26.1 Å². The van der Waals surface area contributed by atoms with Crippen molar-refractivity contribution in [1.82, 2.24) is 4.90 Å². The summed E-state index contributed by atoms with van der Waals surface area (Å²) in [5, 5.41) is 0. The van der Waals surface area contributed by atoms with Gasteiger partial charge in [0.05, 0.1) is 5.60 Å². The summed E-state index contributed by atoms with van der Waals surface area (Å²) >= 11 is 0. The normalized spacial score (nSPS) is 19.3. The molecular weight excluding hydrogens is 210 g/mol. The molecule has 0 aromatic heterocycles. The second-order valence-corrected chi connectivity index (χ2v) is 5.62. The summed E-state index contributed by atoms with van der Waals surface area (Å²) < 4.78 is 5.71. The molecular formula is C15H23NO. The van der Waals surface area contributed by atoms with Gasteiger partial charge in [0.1, 0.15) is 0 Å². The Morgan fingerprint density at radius 1 is 1.24 bits per heavy atom. The van der Waals surface area contributed by atoms with Crippen LogP contribution in [0, 0.1) is 5.92 Å². The minimum atomic E-state index is 0.114. The zero-order valence-corrected chi connectivity index (χ0v) is 11.1. The Hall–Kier alpha value is -0.860. The molecule has 1 aromatic carbocycles. The topological polar surface area (TPSA) is 12.5 Å². The molecule has 2 nitrogen and oxygen atoms in total. The molecule has 1 saturated heterocycles. The number of methoxy groups -OCH3 is 1. The van der Waals surface area contributed by atoms with Crippen LogP contribution < -0.4 is 0 Å². The third kappa shape index (κ3) is 3.08. The predicted molar refractivity (Wildman–Crippen MR) is 70.9 cm³/mol. The van der Waals surface area contributed by atoms with Crippen molar-refractivity contribution in [2.75, 3.05) is 20.2 Å². The second kappa shape index (κ2) is 5.19. The second-order valence-electron chi connectivity index (χ2n) is 5.62. The number of nitrogens with zero attached hydrogens (tertiary/aromatic N) is 1. The molecule has 1 heterocycles. The van der Waals surface area contributed by atoms with Gasteiger partial charge in [0.25, 0.3) is 0 Å². The fraction of sp³-hybridized carbons (Fsp3) is 0.600. The highest BCUT2D eigenvalue weighted by Gasteiger charge is 2.43. The van der Waals surface area contributed by atoms with Crippen LogP contribution >= 0.6 is 0 Å². The van der Waals surface area contributed by atoms with Gasteiger partial charge in [-0.3, -0.25) is 4.90 Å². The van der Waals surface area contributed by atoms with Gasteiger partial charge in [0.15, 0.2) is 0 Å². The van der Waals surface area contributed by atoms with E-state index in [1.54, 1.807) is 0 Å². The predicted octanol–water partition coefficient (Wildman–Crippen LogP) is 2.93. The molecule has 1 fully saturated rings. The number of ether oxygens (including phenoxy) is 1. The molecule has 0 N–H and O–H groups in total. The summed E-state index contributed by atoms with van der Waals surface area (Å²) in [7, 11) is 1.85. The average Bonchev–Trinajstić information content (AvgIpc) is 2.26. The SMILES string of the molecule is COC1(CC(C)C)CN(Cc2ccccc2)C1. The molecule has 17 heavy (non-hydrogen) atoms. The van der Waals surface area contributed by atoms with Crippen LogP contribution in [0.3, 0.4) is 0 Å². The number of likely N-dealkylation sites (tertiary alicyclic amines) is 1. The lowest BCUT2D eigenvalue weighted by Crippen LogP contribution is -2.62. The lowest BCUT2D eigenvalue weighted by molar-refractivity contribution is -0.137. The van der Waals surface area contributed by atoms with E-state index in [-0.39, 0.29) is 5.60 Å². The van der Waals surface area contributed by atoms with Crippen LogP contribution in [0.5, 0.6) is 0 Å². The third-order valence-corrected chi connectivity index (χ3v) is 3.49. The molecule has 0 atom stereocenters. The standard InChI is InChI=1S/C15H23NO/c1-13(2)9-15(17-3)11-16(12-15)10-14-7-5-4-6-8-14/h4-8,13H,9-12H2,1-3H3. The molecule has 2 rings (SSSR count). The molecule has 1 aromatic rings. The van der Waals surface area contributed by atoms with Crippen molar-refractivity contribution < 1.29 is 4.74 Å². The van der Waals surface area contributed by atoms with E-state index in [9.17, 15) is 0 Å². The number of rotatable bonds is 5. The van der Waals surface area contributed by atoms with E-state index in [1.807, 2.05) is 7.11 Å². The van der Waals surface area contributed by atoms with Crippen molar-refractivity contribution in [2.24, 2.45) is 5.92 Å². The Balaban J connectivity index is 1.85. The van der Waals surface area contributed by atoms with Gasteiger partial charge in [-0.2, -0.15) is 0 Å². The van der Waals surface area contributed by atoms with Gasteiger partial charge in [-0.15, -0.1) is 0 Å². The highest BCUT2D eigenvalue weighted by molar-refractivity contribution is 5.15. The molecule has 0 bridgehead atoms. The van der Waals surface area contributed by atoms with Gasteiger partial charge in [-0.05, 0) is 17.9 Å². The molecule has 0 radical (unpaired) electrons. The maximum Gasteiger partial charge on any atom is 0.0933 e. The molecule has 2 heteroatoms. The summed E-state index contributed by atoms with van der Waals surface area (Å²) in [4.78, 5) is 2.46. The van der Waals surface area contributed by atoms with Gasteiger partial charge in [0.2, 0.25) is 0 Å². The fourth-order valence-electron chi connectivity index (χ4n) is 2.81. The number of hydrogen-bond donors (Lipinski definition) is 0. The van der Waals surface area contributed by atoms with Crippen LogP contribution in [0.15, 0.2) is 30.3 Å². The minimum Gasteiger partial charge on any atom is -0.376 e. The Morgan fingerprint density at radius 3 is 2.41 bits per heavy atom. The van der Waals surface area contributed by atoms with Crippen molar-refractivity contribution in [1.29, 1.82) is 0 Å². The Labute approximate surface area is 105 Å². The fourth-order valence-corrected chi connectivity index (χ4v) is 2.81. The molecule has 1 aliphatic rings. The van der Waals surface area contributed by atoms with Crippen LogP contribution in [0.4, 0.5) is 0 Å². The van der Waals surface area contributed by atoms with E-state index in [1.165, 1.54) is 5.56 Å². The molecule has 0 spiro atoms. The molecule has 0 aliphatic carbocycles.